The van der Waals surface area contributed by atoms with Crippen molar-refractivity contribution in [2.24, 2.45) is 5.73 Å². The summed E-state index contributed by atoms with van der Waals surface area (Å²) in [5, 5.41) is 16.6. The van der Waals surface area contributed by atoms with E-state index in [2.05, 4.69) is 20.6 Å². The van der Waals surface area contributed by atoms with Crippen LogP contribution in [0.3, 0.4) is 0 Å². The highest BCUT2D eigenvalue weighted by atomic mass is 35.5. The molecule has 0 fully saturated rings. The van der Waals surface area contributed by atoms with Crippen LogP contribution in [0.5, 0.6) is 0 Å². The molecular formula is C26H31Cl2N5O3. The number of benzene rings is 1. The van der Waals surface area contributed by atoms with Gasteiger partial charge in [-0.2, -0.15) is 0 Å². The Labute approximate surface area is 220 Å². The number of aromatic amines is 1. The topological polar surface area (TPSA) is 133 Å². The molecule has 8 nitrogen and oxygen atoms in total. The van der Waals surface area contributed by atoms with Gasteiger partial charge in [-0.15, -0.1) is 0 Å². The maximum atomic E-state index is 13.2. The van der Waals surface area contributed by atoms with E-state index in [4.69, 9.17) is 28.9 Å². The number of aliphatic carboxylic acids is 1. The molecule has 192 valence electrons. The Kier molecular flexibility index (Phi) is 9.00. The van der Waals surface area contributed by atoms with Crippen LogP contribution >= 0.6 is 23.2 Å². The highest BCUT2D eigenvalue weighted by molar-refractivity contribution is 6.33. The number of nitrogens with two attached hydrogens (primary N) is 1. The predicted octanol–water partition coefficient (Wildman–Crippen LogP) is 5.65. The van der Waals surface area contributed by atoms with Gasteiger partial charge in [-0.25, -0.2) is 4.98 Å². The predicted molar refractivity (Wildman–Crippen MR) is 144 cm³/mol. The van der Waals surface area contributed by atoms with Gasteiger partial charge in [0.05, 0.1) is 11.1 Å². The summed E-state index contributed by atoms with van der Waals surface area (Å²) < 4.78 is 0. The minimum absolute atomic E-state index is 0.204. The van der Waals surface area contributed by atoms with Gasteiger partial charge < -0.3 is 26.5 Å². The number of hydrogen-bond acceptors (Lipinski definition) is 5. The van der Waals surface area contributed by atoms with Crippen molar-refractivity contribution in [3.63, 3.8) is 0 Å². The molecule has 0 saturated heterocycles. The van der Waals surface area contributed by atoms with Crippen molar-refractivity contribution in [2.45, 2.75) is 57.7 Å². The van der Waals surface area contributed by atoms with Crippen LogP contribution in [0.2, 0.25) is 10.0 Å². The van der Waals surface area contributed by atoms with Gasteiger partial charge in [-0.05, 0) is 69.9 Å². The van der Waals surface area contributed by atoms with Gasteiger partial charge in [0.2, 0.25) is 0 Å². The number of anilines is 1. The van der Waals surface area contributed by atoms with Crippen molar-refractivity contribution in [1.29, 1.82) is 0 Å². The van der Waals surface area contributed by atoms with Crippen molar-refractivity contribution < 1.29 is 14.7 Å². The van der Waals surface area contributed by atoms with E-state index in [-0.39, 0.29) is 24.4 Å². The molecule has 36 heavy (non-hydrogen) atoms. The number of halogens is 2. The number of nitrogens with zero attached hydrogens (tertiary/aromatic N) is 1. The van der Waals surface area contributed by atoms with Gasteiger partial charge in [0, 0.05) is 34.6 Å². The lowest BCUT2D eigenvalue weighted by Crippen LogP contribution is -2.44. The summed E-state index contributed by atoms with van der Waals surface area (Å²) in [6.07, 6.45) is 4.53. The fourth-order valence-electron chi connectivity index (χ4n) is 3.78. The van der Waals surface area contributed by atoms with Crippen molar-refractivity contribution >= 4 is 40.9 Å². The van der Waals surface area contributed by atoms with Crippen molar-refractivity contribution in [3.8, 4) is 11.1 Å². The van der Waals surface area contributed by atoms with Crippen LogP contribution in [0.25, 0.3) is 11.1 Å². The lowest BCUT2D eigenvalue weighted by atomic mass is 9.93. The normalized spacial score (nSPS) is 13.8. The summed E-state index contributed by atoms with van der Waals surface area (Å²) in [6.45, 7) is 5.51. The van der Waals surface area contributed by atoms with E-state index in [0.29, 0.717) is 34.4 Å². The SMILES string of the molecule is CC(C)Nc1cc(-c2c[nH]c(C(=O)NC(CCC[C@](C)(N)C(=O)O)c3cccc(Cl)c3)c2)c(Cl)cn1. The molecule has 1 aromatic carbocycles. The minimum Gasteiger partial charge on any atom is -0.480 e. The third kappa shape index (κ3) is 7.22. The Morgan fingerprint density at radius 2 is 1.97 bits per heavy atom. The molecule has 0 aliphatic rings. The molecule has 2 atom stereocenters. The minimum atomic E-state index is -1.34. The molecule has 6 N–H and O–H groups in total. The zero-order valence-electron chi connectivity index (χ0n) is 20.4. The molecule has 10 heteroatoms. The highest BCUT2D eigenvalue weighted by Crippen LogP contribution is 2.30. The fourth-order valence-corrected chi connectivity index (χ4v) is 4.19. The van der Waals surface area contributed by atoms with Crippen molar-refractivity contribution in [3.05, 3.63) is 70.1 Å². The second-order valence-electron chi connectivity index (χ2n) is 9.35. The standard InChI is InChI=1S/C26H31Cl2N5O3/c1-15(2)32-23-12-19(20(28)14-31-23)17-11-22(30-13-17)24(34)33-21(16-6-4-7-18(27)10-16)8-5-9-26(3,29)25(35)36/h4,6-7,10-15,21,30H,5,8-9,29H2,1-3H3,(H,31,32)(H,33,34)(H,35,36)/t21?,26-/m0/s1. The lowest BCUT2D eigenvalue weighted by Gasteiger charge is -2.23. The number of rotatable bonds is 11. The van der Waals surface area contributed by atoms with Gasteiger partial charge in [0.1, 0.15) is 17.1 Å². The number of nitrogens with one attached hydrogen (secondary N) is 3. The second-order valence-corrected chi connectivity index (χ2v) is 10.2. The van der Waals surface area contributed by atoms with E-state index >= 15 is 0 Å². The average Bonchev–Trinajstić information content (AvgIpc) is 3.29. The van der Waals surface area contributed by atoms with E-state index in [1.807, 2.05) is 32.0 Å². The van der Waals surface area contributed by atoms with E-state index < -0.39 is 11.5 Å². The monoisotopic (exact) mass is 531 g/mol. The number of pyridine rings is 1. The summed E-state index contributed by atoms with van der Waals surface area (Å²) >= 11 is 12.6. The number of carbonyl (C=O) groups is 2. The Hall–Kier alpha value is -3.07. The summed E-state index contributed by atoms with van der Waals surface area (Å²) in [5.74, 6) is -0.692. The maximum Gasteiger partial charge on any atom is 0.323 e. The van der Waals surface area contributed by atoms with E-state index in [1.165, 1.54) is 6.92 Å². The van der Waals surface area contributed by atoms with E-state index in [0.717, 1.165) is 16.7 Å². The Morgan fingerprint density at radius 1 is 1.22 bits per heavy atom. The zero-order chi connectivity index (χ0) is 26.5. The molecule has 0 aliphatic carbocycles. The number of hydrogen-bond donors (Lipinski definition) is 5. The molecule has 2 aromatic heterocycles. The zero-order valence-corrected chi connectivity index (χ0v) is 22.0. The summed E-state index contributed by atoms with van der Waals surface area (Å²) in [5.41, 5.74) is 7.20. The number of carboxylic acids is 1. The smallest absolute Gasteiger partial charge is 0.323 e. The van der Waals surface area contributed by atoms with Gasteiger partial charge >= 0.3 is 5.97 Å². The first-order valence-electron chi connectivity index (χ1n) is 11.7. The molecule has 0 spiro atoms. The third-order valence-electron chi connectivity index (χ3n) is 5.76. The number of carbonyl (C=O) groups excluding carboxylic acids is 1. The molecule has 1 unspecified atom stereocenters. The van der Waals surface area contributed by atoms with Crippen LogP contribution in [0.15, 0.2) is 48.8 Å². The Morgan fingerprint density at radius 3 is 2.64 bits per heavy atom. The molecule has 3 aromatic rings. The van der Waals surface area contributed by atoms with Gasteiger partial charge in [0.25, 0.3) is 5.91 Å². The van der Waals surface area contributed by atoms with Crippen molar-refractivity contribution in [2.75, 3.05) is 5.32 Å². The van der Waals surface area contributed by atoms with Gasteiger partial charge in [-0.3, -0.25) is 9.59 Å². The maximum absolute atomic E-state index is 13.2. The van der Waals surface area contributed by atoms with Crippen molar-refractivity contribution in [1.82, 2.24) is 15.3 Å². The second kappa shape index (κ2) is 11.8. The quantitative estimate of drug-likeness (QED) is 0.217. The number of carboxylic acid groups (broad SMARTS) is 1. The van der Waals surface area contributed by atoms with Crippen LogP contribution in [0.1, 0.15) is 62.1 Å². The first-order valence-corrected chi connectivity index (χ1v) is 12.4. The third-order valence-corrected chi connectivity index (χ3v) is 6.30. The number of aromatic nitrogens is 2. The highest BCUT2D eigenvalue weighted by Gasteiger charge is 2.28. The molecule has 0 aliphatic heterocycles. The summed E-state index contributed by atoms with van der Waals surface area (Å²) in [6, 6.07) is 10.6. The fraction of sp³-hybridized carbons (Fsp3) is 0.346. The summed E-state index contributed by atoms with van der Waals surface area (Å²) in [7, 11) is 0. The van der Waals surface area contributed by atoms with E-state index in [1.54, 1.807) is 30.6 Å². The number of amides is 1. The first kappa shape index (κ1) is 27.5. The molecule has 2 heterocycles. The molecule has 0 bridgehead atoms. The number of H-pyrrole nitrogens is 1. The largest absolute Gasteiger partial charge is 0.480 e. The summed E-state index contributed by atoms with van der Waals surface area (Å²) in [4.78, 5) is 31.8. The Balaban J connectivity index is 1.79. The first-order chi connectivity index (χ1) is 17.0. The Bertz CT molecular complexity index is 1230. The van der Waals surface area contributed by atoms with Crippen LogP contribution in [-0.2, 0) is 4.79 Å². The molecule has 0 radical (unpaired) electrons. The van der Waals surface area contributed by atoms with Gasteiger partial charge in [-0.1, -0.05) is 35.3 Å². The average molecular weight is 532 g/mol. The van der Waals surface area contributed by atoms with Crippen LogP contribution in [0, 0.1) is 0 Å². The lowest BCUT2D eigenvalue weighted by molar-refractivity contribution is -0.142. The molecular weight excluding hydrogens is 501 g/mol. The van der Waals surface area contributed by atoms with Crippen LogP contribution in [-0.4, -0.2) is 38.5 Å². The van der Waals surface area contributed by atoms with Crippen LogP contribution in [0.4, 0.5) is 5.82 Å². The molecule has 0 saturated carbocycles. The van der Waals surface area contributed by atoms with E-state index in [9.17, 15) is 14.7 Å². The molecule has 3 rings (SSSR count). The molecule has 1 amide bonds. The van der Waals surface area contributed by atoms with Gasteiger partial charge in [0.15, 0.2) is 0 Å². The van der Waals surface area contributed by atoms with Crippen LogP contribution < -0.4 is 16.4 Å².